The van der Waals surface area contributed by atoms with Crippen molar-refractivity contribution in [1.82, 2.24) is 4.98 Å². The van der Waals surface area contributed by atoms with Crippen molar-refractivity contribution in [2.24, 2.45) is 0 Å². The van der Waals surface area contributed by atoms with Crippen molar-refractivity contribution >= 4 is 29.2 Å². The summed E-state index contributed by atoms with van der Waals surface area (Å²) in [7, 11) is 0. The maximum absolute atomic E-state index is 12.0. The van der Waals surface area contributed by atoms with Gasteiger partial charge in [0.1, 0.15) is 5.69 Å². The molecule has 6 heteroatoms. The molecule has 0 bridgehead atoms. The van der Waals surface area contributed by atoms with E-state index in [1.54, 1.807) is 18.2 Å². The Balaban J connectivity index is 2.17. The number of amides is 1. The van der Waals surface area contributed by atoms with Crippen LogP contribution in [0.3, 0.4) is 0 Å². The molecule has 1 aromatic carbocycles. The first kappa shape index (κ1) is 14.0. The molecule has 0 saturated heterocycles. The lowest BCUT2D eigenvalue weighted by molar-refractivity contribution is 0.0690. The third-order valence-electron chi connectivity index (χ3n) is 2.61. The molecule has 0 aliphatic rings. The summed E-state index contributed by atoms with van der Waals surface area (Å²) >= 11 is 6.00. The van der Waals surface area contributed by atoms with E-state index in [4.69, 9.17) is 16.7 Å². The fourth-order valence-electron chi connectivity index (χ4n) is 1.60. The van der Waals surface area contributed by atoms with Crippen molar-refractivity contribution < 1.29 is 14.7 Å². The SMILES string of the molecule is Cc1ccc(C(=O)Nc2ccc(C(=O)O)nc2)c(Cl)c1. The minimum absolute atomic E-state index is 0.0867. The van der Waals surface area contributed by atoms with Gasteiger partial charge in [-0.15, -0.1) is 0 Å². The fourth-order valence-corrected chi connectivity index (χ4v) is 1.92. The summed E-state index contributed by atoms with van der Waals surface area (Å²) < 4.78 is 0. The van der Waals surface area contributed by atoms with E-state index in [0.717, 1.165) is 5.56 Å². The highest BCUT2D eigenvalue weighted by molar-refractivity contribution is 6.34. The van der Waals surface area contributed by atoms with Crippen molar-refractivity contribution in [1.29, 1.82) is 0 Å². The van der Waals surface area contributed by atoms with E-state index in [0.29, 0.717) is 16.3 Å². The number of carboxylic acid groups (broad SMARTS) is 1. The number of nitrogens with one attached hydrogen (secondary N) is 1. The molecular formula is C14H11ClN2O3. The van der Waals surface area contributed by atoms with Crippen molar-refractivity contribution in [3.05, 3.63) is 58.4 Å². The molecule has 0 spiro atoms. The average Bonchev–Trinajstić information content (AvgIpc) is 2.39. The molecule has 2 rings (SSSR count). The van der Waals surface area contributed by atoms with Gasteiger partial charge in [0.05, 0.1) is 22.5 Å². The predicted molar refractivity (Wildman–Crippen MR) is 75.3 cm³/mol. The van der Waals surface area contributed by atoms with Gasteiger partial charge < -0.3 is 10.4 Å². The lowest BCUT2D eigenvalue weighted by Crippen LogP contribution is -2.13. The van der Waals surface area contributed by atoms with Crippen molar-refractivity contribution in [3.8, 4) is 0 Å². The Hall–Kier alpha value is -2.40. The summed E-state index contributed by atoms with van der Waals surface area (Å²) in [6.45, 7) is 1.88. The highest BCUT2D eigenvalue weighted by Gasteiger charge is 2.11. The van der Waals surface area contributed by atoms with Crippen molar-refractivity contribution in [2.75, 3.05) is 5.32 Å². The summed E-state index contributed by atoms with van der Waals surface area (Å²) in [6.07, 6.45) is 1.28. The van der Waals surface area contributed by atoms with Gasteiger partial charge in [-0.2, -0.15) is 0 Å². The summed E-state index contributed by atoms with van der Waals surface area (Å²) in [6, 6.07) is 7.89. The number of hydrogen-bond acceptors (Lipinski definition) is 3. The molecule has 0 atom stereocenters. The summed E-state index contributed by atoms with van der Waals surface area (Å²) in [5.41, 5.74) is 1.62. The number of hydrogen-bond donors (Lipinski definition) is 2. The normalized spacial score (nSPS) is 10.1. The first-order valence-electron chi connectivity index (χ1n) is 5.74. The van der Waals surface area contributed by atoms with Crippen molar-refractivity contribution in [3.63, 3.8) is 0 Å². The van der Waals surface area contributed by atoms with Gasteiger partial charge in [0.25, 0.3) is 5.91 Å². The van der Waals surface area contributed by atoms with Crippen LogP contribution in [0, 0.1) is 6.92 Å². The number of aryl methyl sites for hydroxylation is 1. The third-order valence-corrected chi connectivity index (χ3v) is 2.92. The van der Waals surface area contributed by atoms with E-state index in [1.165, 1.54) is 18.3 Å². The molecule has 0 aliphatic heterocycles. The molecule has 2 N–H and O–H groups in total. The van der Waals surface area contributed by atoms with Crippen LogP contribution in [-0.4, -0.2) is 22.0 Å². The van der Waals surface area contributed by atoms with E-state index in [9.17, 15) is 9.59 Å². The van der Waals surface area contributed by atoms with Crippen LogP contribution in [0.25, 0.3) is 0 Å². The smallest absolute Gasteiger partial charge is 0.354 e. The Morgan fingerprint density at radius 3 is 2.55 bits per heavy atom. The Kier molecular flexibility index (Phi) is 4.00. The Morgan fingerprint density at radius 1 is 1.25 bits per heavy atom. The quantitative estimate of drug-likeness (QED) is 0.911. The van der Waals surface area contributed by atoms with Gasteiger partial charge in [0.2, 0.25) is 0 Å². The van der Waals surface area contributed by atoms with E-state index < -0.39 is 5.97 Å². The molecule has 1 amide bonds. The zero-order valence-corrected chi connectivity index (χ0v) is 11.3. The number of halogens is 1. The Labute approximate surface area is 120 Å². The summed E-state index contributed by atoms with van der Waals surface area (Å²) in [4.78, 5) is 26.4. The molecule has 0 unspecified atom stereocenters. The van der Waals surface area contributed by atoms with E-state index in [2.05, 4.69) is 10.3 Å². The maximum atomic E-state index is 12.0. The largest absolute Gasteiger partial charge is 0.477 e. The molecule has 2 aromatic rings. The molecule has 102 valence electrons. The monoisotopic (exact) mass is 290 g/mol. The van der Waals surface area contributed by atoms with Crippen LogP contribution < -0.4 is 5.32 Å². The minimum atomic E-state index is -1.12. The highest BCUT2D eigenvalue weighted by Crippen LogP contribution is 2.19. The highest BCUT2D eigenvalue weighted by atomic mass is 35.5. The Bertz CT molecular complexity index is 669. The van der Waals surface area contributed by atoms with E-state index in [-0.39, 0.29) is 11.6 Å². The number of anilines is 1. The van der Waals surface area contributed by atoms with Crippen LogP contribution in [-0.2, 0) is 0 Å². The number of aromatic nitrogens is 1. The van der Waals surface area contributed by atoms with Crippen LogP contribution in [0.15, 0.2) is 36.5 Å². The second kappa shape index (κ2) is 5.71. The first-order valence-corrected chi connectivity index (χ1v) is 6.12. The van der Waals surface area contributed by atoms with Gasteiger partial charge in [-0.3, -0.25) is 4.79 Å². The molecule has 0 aliphatic carbocycles. The van der Waals surface area contributed by atoms with Gasteiger partial charge in [-0.1, -0.05) is 17.7 Å². The van der Waals surface area contributed by atoms with Gasteiger partial charge in [0, 0.05) is 0 Å². The van der Waals surface area contributed by atoms with Crippen LogP contribution in [0.2, 0.25) is 5.02 Å². The topological polar surface area (TPSA) is 79.3 Å². The lowest BCUT2D eigenvalue weighted by Gasteiger charge is -2.07. The number of aromatic carboxylic acids is 1. The molecular weight excluding hydrogens is 280 g/mol. The number of carbonyl (C=O) groups excluding carboxylic acids is 1. The lowest BCUT2D eigenvalue weighted by atomic mass is 10.1. The van der Waals surface area contributed by atoms with Crippen molar-refractivity contribution in [2.45, 2.75) is 6.92 Å². The maximum Gasteiger partial charge on any atom is 0.354 e. The number of pyridine rings is 1. The zero-order chi connectivity index (χ0) is 14.7. The standard InChI is InChI=1S/C14H11ClN2O3/c1-8-2-4-10(11(15)6-8)13(18)17-9-3-5-12(14(19)20)16-7-9/h2-7H,1H3,(H,17,18)(H,19,20). The molecule has 0 saturated carbocycles. The number of carboxylic acids is 1. The first-order chi connectivity index (χ1) is 9.47. The second-order valence-corrected chi connectivity index (χ2v) is 4.58. The van der Waals surface area contributed by atoms with Crippen LogP contribution in [0.4, 0.5) is 5.69 Å². The predicted octanol–water partition coefficient (Wildman–Crippen LogP) is 2.99. The van der Waals surface area contributed by atoms with E-state index >= 15 is 0 Å². The van der Waals surface area contributed by atoms with E-state index in [1.807, 2.05) is 6.92 Å². The van der Waals surface area contributed by atoms with Gasteiger partial charge in [0.15, 0.2) is 0 Å². The number of carbonyl (C=O) groups is 2. The summed E-state index contributed by atoms with van der Waals surface area (Å²) in [5.74, 6) is -1.50. The third kappa shape index (κ3) is 3.13. The zero-order valence-electron chi connectivity index (χ0n) is 10.6. The average molecular weight is 291 g/mol. The molecule has 0 radical (unpaired) electrons. The van der Waals surface area contributed by atoms with Gasteiger partial charge in [-0.25, -0.2) is 9.78 Å². The fraction of sp³-hybridized carbons (Fsp3) is 0.0714. The second-order valence-electron chi connectivity index (χ2n) is 4.17. The number of nitrogens with zero attached hydrogens (tertiary/aromatic N) is 1. The molecule has 1 aromatic heterocycles. The van der Waals surface area contributed by atoms with Crippen LogP contribution >= 0.6 is 11.6 Å². The number of benzene rings is 1. The van der Waals surface area contributed by atoms with Gasteiger partial charge in [-0.05, 0) is 36.8 Å². The Morgan fingerprint density at radius 2 is 2.00 bits per heavy atom. The van der Waals surface area contributed by atoms with Crippen LogP contribution in [0.5, 0.6) is 0 Å². The summed E-state index contributed by atoms with van der Waals surface area (Å²) in [5, 5.41) is 11.7. The number of rotatable bonds is 3. The molecule has 5 nitrogen and oxygen atoms in total. The molecule has 1 heterocycles. The minimum Gasteiger partial charge on any atom is -0.477 e. The van der Waals surface area contributed by atoms with Gasteiger partial charge >= 0.3 is 5.97 Å². The molecule has 0 fully saturated rings. The molecule has 20 heavy (non-hydrogen) atoms. The van der Waals surface area contributed by atoms with Crippen LogP contribution in [0.1, 0.15) is 26.4 Å².